The number of hydrogen-bond donors (Lipinski definition) is 1. The second-order valence-corrected chi connectivity index (χ2v) is 9.75. The third-order valence-electron chi connectivity index (χ3n) is 6.99. The maximum Gasteiger partial charge on any atom is 0.120 e. The van der Waals surface area contributed by atoms with Crippen molar-refractivity contribution in [2.24, 2.45) is 0 Å². The monoisotopic (exact) mass is 441 g/mol. The molecule has 170 valence electrons. The molecule has 0 aliphatic carbocycles. The number of piperidine rings is 1. The Kier molecular flexibility index (Phi) is 5.73. The van der Waals surface area contributed by atoms with Crippen molar-refractivity contribution in [2.75, 3.05) is 13.2 Å². The van der Waals surface area contributed by atoms with Gasteiger partial charge in [-0.3, -0.25) is 0 Å². The molecule has 0 amide bonds. The maximum atomic E-state index is 11.3. The molecule has 1 aliphatic rings. The lowest BCUT2D eigenvalue weighted by molar-refractivity contribution is -0.264. The molecule has 0 bridgehead atoms. The van der Waals surface area contributed by atoms with Crippen LogP contribution in [-0.4, -0.2) is 34.6 Å². The van der Waals surface area contributed by atoms with Gasteiger partial charge in [0.25, 0.3) is 0 Å². The lowest BCUT2D eigenvalue weighted by Crippen LogP contribution is -2.63. The predicted octanol–water partition coefficient (Wildman–Crippen LogP) is 6.84. The summed E-state index contributed by atoms with van der Waals surface area (Å²) in [6, 6.07) is 28.8. The van der Waals surface area contributed by atoms with Gasteiger partial charge in [-0.05, 0) is 78.9 Å². The molecule has 1 heterocycles. The SMILES string of the molecule is CC1(COc2ccc3ccccc3c2)CCCC(C)(COc2ccc3ccccc3c2)N1O. The summed E-state index contributed by atoms with van der Waals surface area (Å²) in [5.74, 6) is 1.64. The van der Waals surface area contributed by atoms with Crippen LogP contribution in [0.3, 0.4) is 0 Å². The molecule has 4 heteroatoms. The normalized spacial score (nSPS) is 23.6. The van der Waals surface area contributed by atoms with E-state index in [9.17, 15) is 5.21 Å². The highest BCUT2D eigenvalue weighted by Gasteiger charge is 2.47. The van der Waals surface area contributed by atoms with E-state index in [0.717, 1.165) is 41.5 Å². The van der Waals surface area contributed by atoms with E-state index in [1.54, 1.807) is 0 Å². The predicted molar refractivity (Wildman–Crippen MR) is 133 cm³/mol. The summed E-state index contributed by atoms with van der Waals surface area (Å²) in [6.07, 6.45) is 2.73. The zero-order valence-electron chi connectivity index (χ0n) is 19.3. The Morgan fingerprint density at radius 2 is 1.09 bits per heavy atom. The molecule has 4 aromatic rings. The molecular formula is C29H31NO3. The minimum absolute atomic E-state index is 0.410. The Morgan fingerprint density at radius 1 is 0.667 bits per heavy atom. The van der Waals surface area contributed by atoms with Gasteiger partial charge in [0.1, 0.15) is 24.7 Å². The molecule has 4 nitrogen and oxygen atoms in total. The van der Waals surface area contributed by atoms with Crippen LogP contribution in [0.2, 0.25) is 0 Å². The Labute approximate surface area is 195 Å². The van der Waals surface area contributed by atoms with Crippen LogP contribution in [0, 0.1) is 0 Å². The Morgan fingerprint density at radius 3 is 1.55 bits per heavy atom. The number of hydrogen-bond acceptors (Lipinski definition) is 4. The van der Waals surface area contributed by atoms with Crippen LogP contribution in [0.1, 0.15) is 33.1 Å². The highest BCUT2D eigenvalue weighted by Crippen LogP contribution is 2.38. The van der Waals surface area contributed by atoms with Crippen molar-refractivity contribution in [2.45, 2.75) is 44.2 Å². The zero-order valence-corrected chi connectivity index (χ0v) is 19.3. The molecular weight excluding hydrogens is 410 g/mol. The molecule has 0 aromatic heterocycles. The van der Waals surface area contributed by atoms with Crippen LogP contribution in [0.15, 0.2) is 84.9 Å². The van der Waals surface area contributed by atoms with Crippen LogP contribution in [0.25, 0.3) is 21.5 Å². The van der Waals surface area contributed by atoms with Crippen molar-refractivity contribution in [1.29, 1.82) is 0 Å². The van der Waals surface area contributed by atoms with Gasteiger partial charge >= 0.3 is 0 Å². The van der Waals surface area contributed by atoms with Gasteiger partial charge in [0.15, 0.2) is 0 Å². The van der Waals surface area contributed by atoms with Crippen molar-refractivity contribution in [3.05, 3.63) is 84.9 Å². The first kappa shape index (κ1) is 21.7. The highest BCUT2D eigenvalue weighted by atomic mass is 16.5. The second kappa shape index (κ2) is 8.69. The first-order chi connectivity index (χ1) is 16.0. The highest BCUT2D eigenvalue weighted by molar-refractivity contribution is 5.84. The van der Waals surface area contributed by atoms with Crippen LogP contribution >= 0.6 is 0 Å². The fourth-order valence-electron chi connectivity index (χ4n) is 4.97. The summed E-state index contributed by atoms with van der Waals surface area (Å²) >= 11 is 0. The third-order valence-corrected chi connectivity index (χ3v) is 6.99. The van der Waals surface area contributed by atoms with E-state index in [1.807, 2.05) is 36.4 Å². The van der Waals surface area contributed by atoms with Gasteiger partial charge in [-0.15, -0.1) is 0 Å². The number of fused-ring (bicyclic) bond motifs is 2. The van der Waals surface area contributed by atoms with E-state index >= 15 is 0 Å². The van der Waals surface area contributed by atoms with E-state index in [2.05, 4.69) is 62.4 Å². The summed E-state index contributed by atoms with van der Waals surface area (Å²) in [5.41, 5.74) is -0.989. The Balaban J connectivity index is 1.27. The zero-order chi connectivity index (χ0) is 22.9. The summed E-state index contributed by atoms with van der Waals surface area (Å²) in [5, 5.41) is 17.5. The fraction of sp³-hybridized carbons (Fsp3) is 0.310. The number of nitrogens with zero attached hydrogens (tertiary/aromatic N) is 1. The first-order valence-electron chi connectivity index (χ1n) is 11.7. The summed E-state index contributed by atoms with van der Waals surface area (Å²) in [6.45, 7) is 4.96. The second-order valence-electron chi connectivity index (χ2n) is 9.75. The minimum atomic E-state index is -0.495. The molecule has 1 fully saturated rings. The third kappa shape index (κ3) is 4.41. The number of rotatable bonds is 6. The van der Waals surface area contributed by atoms with Crippen molar-refractivity contribution >= 4 is 21.5 Å². The molecule has 0 saturated carbocycles. The summed E-state index contributed by atoms with van der Waals surface area (Å²) in [4.78, 5) is 0. The molecule has 0 radical (unpaired) electrons. The van der Waals surface area contributed by atoms with Crippen LogP contribution < -0.4 is 9.47 Å². The molecule has 0 spiro atoms. The molecule has 2 unspecified atom stereocenters. The molecule has 4 aromatic carbocycles. The van der Waals surface area contributed by atoms with E-state index in [0.29, 0.717) is 13.2 Å². The summed E-state index contributed by atoms with van der Waals surface area (Å²) in [7, 11) is 0. The number of hydroxylamine groups is 2. The van der Waals surface area contributed by atoms with Crippen LogP contribution in [-0.2, 0) is 0 Å². The molecule has 1 N–H and O–H groups in total. The van der Waals surface area contributed by atoms with Crippen LogP contribution in [0.5, 0.6) is 11.5 Å². The van der Waals surface area contributed by atoms with Gasteiger partial charge in [-0.25, -0.2) is 0 Å². The average molecular weight is 442 g/mol. The first-order valence-corrected chi connectivity index (χ1v) is 11.7. The smallest absolute Gasteiger partial charge is 0.120 e. The van der Waals surface area contributed by atoms with Gasteiger partial charge in [-0.1, -0.05) is 60.7 Å². The number of benzene rings is 4. The lowest BCUT2D eigenvalue weighted by atomic mass is 9.80. The molecule has 1 aliphatic heterocycles. The maximum absolute atomic E-state index is 11.3. The fourth-order valence-corrected chi connectivity index (χ4v) is 4.97. The molecule has 2 atom stereocenters. The molecule has 33 heavy (non-hydrogen) atoms. The number of ether oxygens (including phenoxy) is 2. The lowest BCUT2D eigenvalue weighted by Gasteiger charge is -2.50. The van der Waals surface area contributed by atoms with E-state index in [4.69, 9.17) is 9.47 Å². The molecule has 1 saturated heterocycles. The van der Waals surface area contributed by atoms with Gasteiger partial charge in [0.2, 0.25) is 0 Å². The van der Waals surface area contributed by atoms with E-state index in [-0.39, 0.29) is 0 Å². The van der Waals surface area contributed by atoms with Gasteiger partial charge in [0.05, 0.1) is 11.1 Å². The van der Waals surface area contributed by atoms with Crippen molar-refractivity contribution in [3.8, 4) is 11.5 Å². The van der Waals surface area contributed by atoms with Crippen LogP contribution in [0.4, 0.5) is 0 Å². The quantitative estimate of drug-likeness (QED) is 0.356. The average Bonchev–Trinajstić information content (AvgIpc) is 2.85. The standard InChI is InChI=1S/C29H31NO3/c1-28(20-32-26-14-12-22-8-3-5-10-24(22)18-26)16-7-17-29(2,30(28)31)21-33-27-15-13-23-9-4-6-11-25(23)19-27/h3-6,8-15,18-19,31H,7,16-17,20-21H2,1-2H3. The van der Waals surface area contributed by atoms with Gasteiger partial charge < -0.3 is 14.7 Å². The topological polar surface area (TPSA) is 41.9 Å². The van der Waals surface area contributed by atoms with E-state index in [1.165, 1.54) is 15.8 Å². The van der Waals surface area contributed by atoms with Crippen molar-refractivity contribution < 1.29 is 14.7 Å². The molecule has 5 rings (SSSR count). The van der Waals surface area contributed by atoms with Crippen molar-refractivity contribution in [1.82, 2.24) is 5.06 Å². The van der Waals surface area contributed by atoms with Gasteiger partial charge in [0, 0.05) is 0 Å². The Bertz CT molecular complexity index is 1170. The van der Waals surface area contributed by atoms with Gasteiger partial charge in [-0.2, -0.15) is 5.06 Å². The van der Waals surface area contributed by atoms with Crippen molar-refractivity contribution in [3.63, 3.8) is 0 Å². The Hall–Kier alpha value is -3.08. The largest absolute Gasteiger partial charge is 0.492 e. The van der Waals surface area contributed by atoms with E-state index < -0.39 is 11.1 Å². The minimum Gasteiger partial charge on any atom is -0.492 e. The summed E-state index contributed by atoms with van der Waals surface area (Å²) < 4.78 is 12.4.